The lowest BCUT2D eigenvalue weighted by Crippen LogP contribution is -1.86. The van der Waals surface area contributed by atoms with Crippen LogP contribution in [0.1, 0.15) is 0 Å². The van der Waals surface area contributed by atoms with Crippen molar-refractivity contribution in [3.05, 3.63) is 24.3 Å². The van der Waals surface area contributed by atoms with Gasteiger partial charge in [0, 0.05) is 11.9 Å². The van der Waals surface area contributed by atoms with Crippen molar-refractivity contribution in [1.82, 2.24) is 0 Å². The molecule has 3 nitrogen and oxygen atoms in total. The minimum absolute atomic E-state index is 0.337. The molecule has 1 aromatic rings. The second-order valence-electron chi connectivity index (χ2n) is 2.11. The number of hydrogen-bond acceptors (Lipinski definition) is 4. The molecule has 0 aliphatic heterocycles. The van der Waals surface area contributed by atoms with Crippen LogP contribution >= 0.6 is 11.9 Å². The van der Waals surface area contributed by atoms with Crippen molar-refractivity contribution in [3.8, 4) is 0 Å². The average Bonchev–Trinajstić information content (AvgIpc) is 2.05. The van der Waals surface area contributed by atoms with Crippen molar-refractivity contribution in [3.63, 3.8) is 0 Å². The second-order valence-corrected chi connectivity index (χ2v) is 3.76. The first-order chi connectivity index (χ1) is 5.74. The fourth-order valence-corrected chi connectivity index (χ4v) is 1.62. The van der Waals surface area contributed by atoms with Crippen molar-refractivity contribution >= 4 is 28.3 Å². The first-order valence-electron chi connectivity index (χ1n) is 3.27. The van der Waals surface area contributed by atoms with Crippen LogP contribution in [-0.2, 0) is 10.7 Å². The molecule has 0 aromatic heterocycles. The Hall–Kier alpha value is -0.680. The third kappa shape index (κ3) is 2.42. The summed E-state index contributed by atoms with van der Waals surface area (Å²) in [6.07, 6.45) is 1.88. The summed E-state index contributed by atoms with van der Waals surface area (Å²) in [6.45, 7) is 0. The summed E-state index contributed by atoms with van der Waals surface area (Å²) in [4.78, 5) is 0.337. The monoisotopic (exact) mass is 203 g/mol. The Morgan fingerprint density at radius 3 is 2.75 bits per heavy atom. The van der Waals surface area contributed by atoms with Gasteiger partial charge in [0.2, 0.25) is 0 Å². The van der Waals surface area contributed by atoms with Crippen molar-refractivity contribution < 1.29 is 8.42 Å². The van der Waals surface area contributed by atoms with Crippen molar-refractivity contribution in [2.45, 2.75) is 4.90 Å². The quantitative estimate of drug-likeness (QED) is 0.575. The maximum atomic E-state index is 10.6. The van der Waals surface area contributed by atoms with E-state index in [0.717, 1.165) is 5.69 Å². The summed E-state index contributed by atoms with van der Waals surface area (Å²) < 4.78 is 24.1. The van der Waals surface area contributed by atoms with Crippen LogP contribution in [0.5, 0.6) is 0 Å². The van der Waals surface area contributed by atoms with Crippen LogP contribution in [0.2, 0.25) is 0 Å². The highest BCUT2D eigenvalue weighted by Gasteiger charge is 1.95. The summed E-state index contributed by atoms with van der Waals surface area (Å²) in [5, 5.41) is 0. The summed E-state index contributed by atoms with van der Waals surface area (Å²) in [7, 11) is -2.47. The maximum Gasteiger partial charge on any atom is 0.168 e. The van der Waals surface area contributed by atoms with Crippen LogP contribution < -0.4 is 4.72 Å². The third-order valence-electron chi connectivity index (χ3n) is 1.28. The van der Waals surface area contributed by atoms with E-state index in [0.29, 0.717) is 4.90 Å². The average molecular weight is 203 g/mol. The number of benzene rings is 1. The van der Waals surface area contributed by atoms with Gasteiger partial charge in [-0.15, -0.1) is 0 Å². The van der Waals surface area contributed by atoms with Gasteiger partial charge in [-0.05, 0) is 18.2 Å². The topological polar surface area (TPSA) is 46.2 Å². The number of thiol groups is 1. The SMILES string of the molecule is CSNc1cccc([SH](=O)=O)c1. The molecule has 0 aliphatic rings. The highest BCUT2D eigenvalue weighted by atomic mass is 32.2. The molecule has 0 unspecified atom stereocenters. The van der Waals surface area contributed by atoms with E-state index in [4.69, 9.17) is 0 Å². The molecule has 1 N–H and O–H groups in total. The van der Waals surface area contributed by atoms with E-state index in [2.05, 4.69) is 4.72 Å². The molecule has 1 aromatic carbocycles. The van der Waals surface area contributed by atoms with Gasteiger partial charge in [-0.25, -0.2) is 8.42 Å². The van der Waals surface area contributed by atoms with Crippen LogP contribution in [0.4, 0.5) is 5.69 Å². The van der Waals surface area contributed by atoms with Crippen LogP contribution in [0.3, 0.4) is 0 Å². The lowest BCUT2D eigenvalue weighted by molar-refractivity contribution is 0.614. The standard InChI is InChI=1S/C7H9NO2S2/c1-11-8-6-3-2-4-7(5-6)12(9)10/h2-5,8,12H,1H3. The van der Waals surface area contributed by atoms with E-state index in [-0.39, 0.29) is 0 Å². The van der Waals surface area contributed by atoms with Gasteiger partial charge in [0.15, 0.2) is 10.7 Å². The van der Waals surface area contributed by atoms with Gasteiger partial charge in [-0.2, -0.15) is 0 Å². The van der Waals surface area contributed by atoms with Crippen LogP contribution in [0, 0.1) is 0 Å². The Morgan fingerprint density at radius 1 is 1.42 bits per heavy atom. The zero-order chi connectivity index (χ0) is 8.97. The third-order valence-corrected chi connectivity index (χ3v) is 2.42. The molecule has 0 amide bonds. The van der Waals surface area contributed by atoms with Gasteiger partial charge in [0.05, 0.1) is 4.90 Å². The Balaban J connectivity index is 2.95. The Kier molecular flexibility index (Phi) is 3.43. The zero-order valence-electron chi connectivity index (χ0n) is 6.48. The molecule has 0 radical (unpaired) electrons. The molecule has 1 rings (SSSR count). The molecular formula is C7H9NO2S2. The molecular weight excluding hydrogens is 194 g/mol. The van der Waals surface area contributed by atoms with Gasteiger partial charge < -0.3 is 4.72 Å². The van der Waals surface area contributed by atoms with E-state index in [1.807, 2.05) is 12.3 Å². The lowest BCUT2D eigenvalue weighted by atomic mass is 10.3. The van der Waals surface area contributed by atoms with Gasteiger partial charge in [-0.3, -0.25) is 0 Å². The Labute approximate surface area is 77.3 Å². The van der Waals surface area contributed by atoms with Crippen molar-refractivity contribution in [2.24, 2.45) is 0 Å². The zero-order valence-corrected chi connectivity index (χ0v) is 8.19. The predicted molar refractivity (Wildman–Crippen MR) is 52.2 cm³/mol. The summed E-state index contributed by atoms with van der Waals surface area (Å²) in [5.74, 6) is 0. The highest BCUT2D eigenvalue weighted by Crippen LogP contribution is 2.13. The summed E-state index contributed by atoms with van der Waals surface area (Å²) in [5.41, 5.74) is 0.805. The number of nitrogens with one attached hydrogen (secondary N) is 1. The van der Waals surface area contributed by atoms with Crippen molar-refractivity contribution in [2.75, 3.05) is 11.0 Å². The second kappa shape index (κ2) is 4.37. The molecule has 0 aliphatic carbocycles. The first-order valence-corrected chi connectivity index (χ1v) is 5.67. The largest absolute Gasteiger partial charge is 0.330 e. The highest BCUT2D eigenvalue weighted by molar-refractivity contribution is 7.99. The Bertz CT molecular complexity index is 328. The molecule has 0 heterocycles. The van der Waals surface area contributed by atoms with E-state index in [1.165, 1.54) is 11.9 Å². The molecule has 66 valence electrons. The fraction of sp³-hybridized carbons (Fsp3) is 0.143. The molecule has 0 fully saturated rings. The van der Waals surface area contributed by atoms with E-state index in [9.17, 15) is 8.42 Å². The summed E-state index contributed by atoms with van der Waals surface area (Å²) in [6, 6.07) is 6.69. The number of anilines is 1. The molecule has 0 saturated heterocycles. The van der Waals surface area contributed by atoms with E-state index < -0.39 is 10.7 Å². The van der Waals surface area contributed by atoms with E-state index in [1.54, 1.807) is 18.2 Å². The maximum absolute atomic E-state index is 10.6. The van der Waals surface area contributed by atoms with E-state index >= 15 is 0 Å². The number of rotatable bonds is 3. The molecule has 12 heavy (non-hydrogen) atoms. The smallest absolute Gasteiger partial charge is 0.168 e. The fourth-order valence-electron chi connectivity index (χ4n) is 0.801. The molecule has 0 saturated carbocycles. The molecule has 5 heteroatoms. The summed E-state index contributed by atoms with van der Waals surface area (Å²) >= 11 is 1.43. The van der Waals surface area contributed by atoms with Gasteiger partial charge in [-0.1, -0.05) is 18.0 Å². The molecule has 0 atom stereocenters. The molecule has 0 spiro atoms. The van der Waals surface area contributed by atoms with Crippen LogP contribution in [0.15, 0.2) is 29.2 Å². The normalized spacial score (nSPS) is 10.2. The minimum Gasteiger partial charge on any atom is -0.330 e. The van der Waals surface area contributed by atoms with Gasteiger partial charge in [0.25, 0.3) is 0 Å². The molecule has 0 bridgehead atoms. The Morgan fingerprint density at radius 2 is 2.17 bits per heavy atom. The van der Waals surface area contributed by atoms with Crippen molar-refractivity contribution in [1.29, 1.82) is 0 Å². The predicted octanol–water partition coefficient (Wildman–Crippen LogP) is 1.35. The van der Waals surface area contributed by atoms with Crippen LogP contribution in [0.25, 0.3) is 0 Å². The first kappa shape index (κ1) is 9.41. The van der Waals surface area contributed by atoms with Gasteiger partial charge in [0.1, 0.15) is 0 Å². The van der Waals surface area contributed by atoms with Gasteiger partial charge >= 0.3 is 0 Å². The van der Waals surface area contributed by atoms with Crippen LogP contribution in [-0.4, -0.2) is 14.7 Å². The lowest BCUT2D eigenvalue weighted by Gasteiger charge is -2.00. The number of hydrogen-bond donors (Lipinski definition) is 2. The minimum atomic E-state index is -2.47.